The third-order valence-electron chi connectivity index (χ3n) is 3.03. The highest BCUT2D eigenvalue weighted by molar-refractivity contribution is 7.99. The van der Waals surface area contributed by atoms with Crippen molar-refractivity contribution in [2.75, 3.05) is 12.4 Å². The van der Waals surface area contributed by atoms with Crippen molar-refractivity contribution >= 4 is 11.8 Å². The molecule has 22 heavy (non-hydrogen) atoms. The van der Waals surface area contributed by atoms with Crippen molar-refractivity contribution < 1.29 is 9.15 Å². The molecule has 0 fully saturated rings. The van der Waals surface area contributed by atoms with E-state index in [4.69, 9.17) is 9.15 Å². The van der Waals surface area contributed by atoms with E-state index in [9.17, 15) is 0 Å². The first kappa shape index (κ1) is 14.7. The third-order valence-corrected chi connectivity index (χ3v) is 3.81. The van der Waals surface area contributed by atoms with E-state index in [1.165, 1.54) is 17.3 Å². The van der Waals surface area contributed by atoms with Crippen molar-refractivity contribution in [3.05, 3.63) is 60.2 Å². The number of nitrogens with zero attached hydrogens (tertiary/aromatic N) is 2. The predicted molar refractivity (Wildman–Crippen MR) is 87.1 cm³/mol. The number of rotatable bonds is 6. The first-order chi connectivity index (χ1) is 10.8. The molecule has 0 saturated carbocycles. The fraction of sp³-hybridized carbons (Fsp3) is 0.176. The Morgan fingerprint density at radius 1 is 1.00 bits per heavy atom. The molecule has 0 aliphatic carbocycles. The van der Waals surface area contributed by atoms with Crippen molar-refractivity contribution in [1.82, 2.24) is 10.2 Å². The van der Waals surface area contributed by atoms with E-state index < -0.39 is 0 Å². The molecular weight excluding hydrogens is 296 g/mol. The van der Waals surface area contributed by atoms with Gasteiger partial charge in [0.2, 0.25) is 5.89 Å². The molecule has 3 aromatic rings. The number of benzene rings is 2. The summed E-state index contributed by atoms with van der Waals surface area (Å²) in [4.78, 5) is 0. The SMILES string of the molecule is Cc1ccc(OCCSc2nnc(-c3ccccc3)o2)cc1. The van der Waals surface area contributed by atoms with Crippen molar-refractivity contribution in [3.8, 4) is 17.2 Å². The predicted octanol–water partition coefficient (Wildman–Crippen LogP) is 4.22. The molecule has 0 saturated heterocycles. The van der Waals surface area contributed by atoms with Gasteiger partial charge in [0.1, 0.15) is 5.75 Å². The second kappa shape index (κ2) is 7.13. The first-order valence-corrected chi connectivity index (χ1v) is 8.01. The molecule has 112 valence electrons. The van der Waals surface area contributed by atoms with Crippen LogP contribution in [0.25, 0.3) is 11.5 Å². The number of aryl methyl sites for hydroxylation is 1. The normalized spacial score (nSPS) is 10.6. The lowest BCUT2D eigenvalue weighted by molar-refractivity contribution is 0.343. The van der Waals surface area contributed by atoms with E-state index in [0.717, 1.165) is 17.1 Å². The molecule has 0 N–H and O–H groups in total. The fourth-order valence-corrected chi connectivity index (χ4v) is 2.47. The van der Waals surface area contributed by atoms with Gasteiger partial charge in [-0.15, -0.1) is 10.2 Å². The van der Waals surface area contributed by atoms with E-state index in [1.807, 2.05) is 54.6 Å². The van der Waals surface area contributed by atoms with Crippen LogP contribution in [0.2, 0.25) is 0 Å². The molecule has 0 unspecified atom stereocenters. The molecule has 0 aliphatic rings. The average Bonchev–Trinajstić information content (AvgIpc) is 3.03. The molecule has 2 aromatic carbocycles. The number of ether oxygens (including phenoxy) is 1. The second-order valence-corrected chi connectivity index (χ2v) is 5.80. The van der Waals surface area contributed by atoms with Gasteiger partial charge in [-0.3, -0.25) is 0 Å². The Balaban J connectivity index is 1.48. The van der Waals surface area contributed by atoms with Gasteiger partial charge in [-0.1, -0.05) is 47.7 Å². The summed E-state index contributed by atoms with van der Waals surface area (Å²) in [5.74, 6) is 2.17. The molecule has 0 bridgehead atoms. The van der Waals surface area contributed by atoms with Crippen LogP contribution in [0.1, 0.15) is 5.56 Å². The standard InChI is InChI=1S/C17H16N2O2S/c1-13-7-9-15(10-8-13)20-11-12-22-17-19-18-16(21-17)14-5-3-2-4-6-14/h2-10H,11-12H2,1H3. The van der Waals surface area contributed by atoms with Gasteiger partial charge in [-0.25, -0.2) is 0 Å². The maximum absolute atomic E-state index is 5.66. The lowest BCUT2D eigenvalue weighted by atomic mass is 10.2. The highest BCUT2D eigenvalue weighted by Gasteiger charge is 2.08. The van der Waals surface area contributed by atoms with Crippen LogP contribution in [0.3, 0.4) is 0 Å². The van der Waals surface area contributed by atoms with Gasteiger partial charge in [-0.2, -0.15) is 0 Å². The number of hydrogen-bond donors (Lipinski definition) is 0. The number of thioether (sulfide) groups is 1. The van der Waals surface area contributed by atoms with Crippen LogP contribution in [-0.2, 0) is 0 Å². The highest BCUT2D eigenvalue weighted by Crippen LogP contribution is 2.22. The fourth-order valence-electron chi connectivity index (χ4n) is 1.89. The Hall–Kier alpha value is -2.27. The molecule has 0 aliphatic heterocycles. The highest BCUT2D eigenvalue weighted by atomic mass is 32.2. The van der Waals surface area contributed by atoms with Crippen LogP contribution in [0.15, 0.2) is 64.2 Å². The summed E-state index contributed by atoms with van der Waals surface area (Å²) in [7, 11) is 0. The summed E-state index contributed by atoms with van der Waals surface area (Å²) >= 11 is 1.49. The third kappa shape index (κ3) is 3.89. The van der Waals surface area contributed by atoms with E-state index in [-0.39, 0.29) is 0 Å². The summed E-state index contributed by atoms with van der Waals surface area (Å²) < 4.78 is 11.3. The number of hydrogen-bond acceptors (Lipinski definition) is 5. The maximum Gasteiger partial charge on any atom is 0.276 e. The smallest absolute Gasteiger partial charge is 0.276 e. The Bertz CT molecular complexity index is 711. The minimum atomic E-state index is 0.544. The topological polar surface area (TPSA) is 48.2 Å². The number of aromatic nitrogens is 2. The van der Waals surface area contributed by atoms with E-state index in [2.05, 4.69) is 17.1 Å². The van der Waals surface area contributed by atoms with Gasteiger partial charge >= 0.3 is 0 Å². The van der Waals surface area contributed by atoms with Gasteiger partial charge in [0.15, 0.2) is 0 Å². The van der Waals surface area contributed by atoms with Gasteiger partial charge in [-0.05, 0) is 31.2 Å². The van der Waals surface area contributed by atoms with Gasteiger partial charge < -0.3 is 9.15 Å². The van der Waals surface area contributed by atoms with Gasteiger partial charge in [0.05, 0.1) is 6.61 Å². The van der Waals surface area contributed by atoms with Crippen LogP contribution in [0, 0.1) is 6.92 Å². The van der Waals surface area contributed by atoms with Crippen molar-refractivity contribution in [2.24, 2.45) is 0 Å². The minimum absolute atomic E-state index is 0.544. The molecule has 0 amide bonds. The summed E-state index contributed by atoms with van der Waals surface area (Å²) in [6, 6.07) is 17.8. The molecular formula is C17H16N2O2S. The van der Waals surface area contributed by atoms with E-state index in [1.54, 1.807) is 0 Å². The lowest BCUT2D eigenvalue weighted by Gasteiger charge is -2.04. The zero-order valence-electron chi connectivity index (χ0n) is 12.2. The minimum Gasteiger partial charge on any atom is -0.493 e. The second-order valence-electron chi connectivity index (χ2n) is 4.75. The average molecular weight is 312 g/mol. The lowest BCUT2D eigenvalue weighted by Crippen LogP contribution is -1.99. The Morgan fingerprint density at radius 3 is 2.55 bits per heavy atom. The van der Waals surface area contributed by atoms with Crippen LogP contribution >= 0.6 is 11.8 Å². The molecule has 0 atom stereocenters. The monoisotopic (exact) mass is 312 g/mol. The summed E-state index contributed by atoms with van der Waals surface area (Å²) in [5, 5.41) is 8.66. The zero-order chi connectivity index (χ0) is 15.2. The quantitative estimate of drug-likeness (QED) is 0.504. The van der Waals surface area contributed by atoms with Crippen LogP contribution < -0.4 is 4.74 Å². The molecule has 1 aromatic heterocycles. The van der Waals surface area contributed by atoms with Crippen molar-refractivity contribution in [3.63, 3.8) is 0 Å². The van der Waals surface area contributed by atoms with Gasteiger partial charge in [0, 0.05) is 11.3 Å². The maximum atomic E-state index is 5.66. The Labute approximate surface area is 133 Å². The Kier molecular flexibility index (Phi) is 4.75. The summed E-state index contributed by atoms with van der Waals surface area (Å²) in [6.07, 6.45) is 0. The molecule has 1 heterocycles. The Morgan fingerprint density at radius 2 is 1.77 bits per heavy atom. The first-order valence-electron chi connectivity index (χ1n) is 7.02. The summed E-state index contributed by atoms with van der Waals surface area (Å²) in [5.41, 5.74) is 2.15. The molecule has 0 radical (unpaired) electrons. The largest absolute Gasteiger partial charge is 0.493 e. The zero-order valence-corrected chi connectivity index (χ0v) is 13.0. The molecule has 5 heteroatoms. The molecule has 0 spiro atoms. The molecule has 3 rings (SSSR count). The molecule has 4 nitrogen and oxygen atoms in total. The van der Waals surface area contributed by atoms with Gasteiger partial charge in [0.25, 0.3) is 5.22 Å². The van der Waals surface area contributed by atoms with Crippen molar-refractivity contribution in [2.45, 2.75) is 12.1 Å². The van der Waals surface area contributed by atoms with Crippen LogP contribution in [-0.4, -0.2) is 22.6 Å². The van der Waals surface area contributed by atoms with Crippen LogP contribution in [0.4, 0.5) is 0 Å². The van der Waals surface area contributed by atoms with E-state index in [0.29, 0.717) is 17.7 Å². The van der Waals surface area contributed by atoms with E-state index >= 15 is 0 Å². The van der Waals surface area contributed by atoms with Crippen molar-refractivity contribution in [1.29, 1.82) is 0 Å². The van der Waals surface area contributed by atoms with Crippen LogP contribution in [0.5, 0.6) is 5.75 Å². The summed E-state index contributed by atoms with van der Waals surface area (Å²) in [6.45, 7) is 2.65.